The van der Waals surface area contributed by atoms with Crippen molar-refractivity contribution in [1.82, 2.24) is 4.57 Å². The van der Waals surface area contributed by atoms with Crippen molar-refractivity contribution in [2.24, 2.45) is 12.8 Å². The second-order valence-corrected chi connectivity index (χ2v) is 4.19. The molecule has 0 amide bonds. The Labute approximate surface area is 98.6 Å². The van der Waals surface area contributed by atoms with Gasteiger partial charge in [0.15, 0.2) is 0 Å². The summed E-state index contributed by atoms with van der Waals surface area (Å²) in [5.74, 6) is -0.995. The number of nitrogen functional groups attached to an aromatic ring is 1. The number of aryl methyl sites for hydroxylation is 1. The maximum Gasteiger partial charge on any atom is 0.320 e. The molecule has 0 aliphatic rings. The Balaban J connectivity index is 2.47. The van der Waals surface area contributed by atoms with Gasteiger partial charge in [-0.2, -0.15) is 0 Å². The summed E-state index contributed by atoms with van der Waals surface area (Å²) < 4.78 is 1.94. The lowest BCUT2D eigenvalue weighted by molar-refractivity contribution is -0.138. The van der Waals surface area contributed by atoms with Crippen LogP contribution >= 0.6 is 0 Å². The average molecular weight is 233 g/mol. The van der Waals surface area contributed by atoms with Crippen LogP contribution in [0.15, 0.2) is 24.4 Å². The molecule has 5 nitrogen and oxygen atoms in total. The zero-order valence-corrected chi connectivity index (χ0v) is 9.55. The van der Waals surface area contributed by atoms with E-state index in [0.29, 0.717) is 12.1 Å². The molecule has 0 saturated heterocycles. The Kier molecular flexibility index (Phi) is 2.77. The molecule has 0 spiro atoms. The average Bonchev–Trinajstić information content (AvgIpc) is 2.55. The summed E-state index contributed by atoms with van der Waals surface area (Å²) in [6.07, 6.45) is 2.20. The predicted octanol–water partition coefficient (Wildman–Crippen LogP) is 0.715. The van der Waals surface area contributed by atoms with Gasteiger partial charge in [0.05, 0.1) is 0 Å². The van der Waals surface area contributed by atoms with Gasteiger partial charge in [-0.3, -0.25) is 4.79 Å². The number of rotatable bonds is 3. The van der Waals surface area contributed by atoms with Gasteiger partial charge in [0.1, 0.15) is 6.04 Å². The van der Waals surface area contributed by atoms with E-state index in [1.54, 1.807) is 0 Å². The Morgan fingerprint density at radius 3 is 2.88 bits per heavy atom. The lowest BCUT2D eigenvalue weighted by Gasteiger charge is -2.04. The number of nitrogens with two attached hydrogens (primary N) is 2. The lowest BCUT2D eigenvalue weighted by Crippen LogP contribution is -2.32. The molecule has 0 saturated carbocycles. The molecule has 0 fully saturated rings. The Morgan fingerprint density at radius 2 is 2.24 bits per heavy atom. The maximum atomic E-state index is 10.8. The van der Waals surface area contributed by atoms with Gasteiger partial charge in [-0.15, -0.1) is 0 Å². The summed E-state index contributed by atoms with van der Waals surface area (Å²) in [6, 6.07) is 4.70. The number of hydrogen-bond acceptors (Lipinski definition) is 3. The first kappa shape index (κ1) is 11.5. The van der Waals surface area contributed by atoms with Crippen molar-refractivity contribution in [2.75, 3.05) is 5.73 Å². The second-order valence-electron chi connectivity index (χ2n) is 4.19. The van der Waals surface area contributed by atoms with Gasteiger partial charge in [0, 0.05) is 36.3 Å². The fraction of sp³-hybridized carbons (Fsp3) is 0.250. The van der Waals surface area contributed by atoms with Gasteiger partial charge >= 0.3 is 5.97 Å². The molecule has 2 aromatic rings. The molecular formula is C12H15N3O2. The fourth-order valence-corrected chi connectivity index (χ4v) is 1.98. The SMILES string of the molecule is Cn1cc(CC(N)C(=O)O)c2cc(N)ccc21. The van der Waals surface area contributed by atoms with Crippen molar-refractivity contribution < 1.29 is 9.90 Å². The Morgan fingerprint density at radius 1 is 1.53 bits per heavy atom. The van der Waals surface area contributed by atoms with Crippen LogP contribution in [0, 0.1) is 0 Å². The molecule has 1 aromatic carbocycles. The monoisotopic (exact) mass is 233 g/mol. The number of hydrogen-bond donors (Lipinski definition) is 3. The summed E-state index contributed by atoms with van der Waals surface area (Å²) in [4.78, 5) is 10.8. The molecular weight excluding hydrogens is 218 g/mol. The van der Waals surface area contributed by atoms with Crippen LogP contribution in [-0.4, -0.2) is 21.7 Å². The number of aliphatic carboxylic acids is 1. The van der Waals surface area contributed by atoms with Gasteiger partial charge in [0.2, 0.25) is 0 Å². The first-order valence-corrected chi connectivity index (χ1v) is 5.31. The predicted molar refractivity (Wildman–Crippen MR) is 66.6 cm³/mol. The number of anilines is 1. The van der Waals surface area contributed by atoms with Crippen LogP contribution in [0.3, 0.4) is 0 Å². The Bertz CT molecular complexity index is 574. The highest BCUT2D eigenvalue weighted by molar-refractivity contribution is 5.87. The standard InChI is InChI=1S/C12H15N3O2/c1-15-6-7(4-10(14)12(16)17)9-5-8(13)2-3-11(9)15/h2-3,5-6,10H,4,13-14H2,1H3,(H,16,17). The van der Waals surface area contributed by atoms with Crippen molar-refractivity contribution in [3.63, 3.8) is 0 Å². The van der Waals surface area contributed by atoms with E-state index in [2.05, 4.69) is 0 Å². The van der Waals surface area contributed by atoms with Crippen molar-refractivity contribution in [2.45, 2.75) is 12.5 Å². The largest absolute Gasteiger partial charge is 0.480 e. The molecule has 0 bridgehead atoms. The van der Waals surface area contributed by atoms with E-state index >= 15 is 0 Å². The van der Waals surface area contributed by atoms with Gasteiger partial charge in [0.25, 0.3) is 0 Å². The van der Waals surface area contributed by atoms with E-state index in [4.69, 9.17) is 16.6 Å². The summed E-state index contributed by atoms with van der Waals surface area (Å²) in [6.45, 7) is 0. The van der Waals surface area contributed by atoms with Gasteiger partial charge in [-0.05, 0) is 23.8 Å². The molecule has 17 heavy (non-hydrogen) atoms. The summed E-state index contributed by atoms with van der Waals surface area (Å²) in [5.41, 5.74) is 13.9. The van der Waals surface area contributed by atoms with Crippen LogP contribution in [0.2, 0.25) is 0 Å². The van der Waals surface area contributed by atoms with Crippen LogP contribution in [-0.2, 0) is 18.3 Å². The van der Waals surface area contributed by atoms with Crippen molar-refractivity contribution >= 4 is 22.6 Å². The van der Waals surface area contributed by atoms with Gasteiger partial charge in [-0.1, -0.05) is 0 Å². The van der Waals surface area contributed by atoms with Crippen LogP contribution < -0.4 is 11.5 Å². The third-order valence-electron chi connectivity index (χ3n) is 2.85. The molecule has 1 unspecified atom stereocenters. The first-order chi connectivity index (χ1) is 7.99. The Hall–Kier alpha value is -2.01. The van der Waals surface area contributed by atoms with E-state index in [1.807, 2.05) is 36.0 Å². The van der Waals surface area contributed by atoms with E-state index in [-0.39, 0.29) is 0 Å². The molecule has 0 aliphatic carbocycles. The van der Waals surface area contributed by atoms with E-state index in [1.165, 1.54) is 0 Å². The van der Waals surface area contributed by atoms with E-state index < -0.39 is 12.0 Å². The topological polar surface area (TPSA) is 94.3 Å². The number of fused-ring (bicyclic) bond motifs is 1. The number of benzene rings is 1. The zero-order valence-electron chi connectivity index (χ0n) is 9.55. The van der Waals surface area contributed by atoms with Crippen molar-refractivity contribution in [3.8, 4) is 0 Å². The number of carboxylic acid groups (broad SMARTS) is 1. The van der Waals surface area contributed by atoms with Gasteiger partial charge < -0.3 is 21.1 Å². The smallest absolute Gasteiger partial charge is 0.320 e. The highest BCUT2D eigenvalue weighted by Gasteiger charge is 2.15. The van der Waals surface area contributed by atoms with E-state index in [0.717, 1.165) is 16.5 Å². The zero-order chi connectivity index (χ0) is 12.6. The highest BCUT2D eigenvalue weighted by atomic mass is 16.4. The molecule has 1 aromatic heterocycles. The van der Waals surface area contributed by atoms with Crippen LogP contribution in [0.5, 0.6) is 0 Å². The van der Waals surface area contributed by atoms with Crippen LogP contribution in [0.25, 0.3) is 10.9 Å². The second kappa shape index (κ2) is 4.10. The number of carbonyl (C=O) groups is 1. The minimum atomic E-state index is -0.995. The highest BCUT2D eigenvalue weighted by Crippen LogP contribution is 2.23. The fourth-order valence-electron chi connectivity index (χ4n) is 1.98. The van der Waals surface area contributed by atoms with Gasteiger partial charge in [-0.25, -0.2) is 0 Å². The van der Waals surface area contributed by atoms with E-state index in [9.17, 15) is 4.79 Å². The quantitative estimate of drug-likeness (QED) is 0.681. The molecule has 5 N–H and O–H groups in total. The molecule has 5 heteroatoms. The number of aromatic nitrogens is 1. The summed E-state index contributed by atoms with van der Waals surface area (Å²) >= 11 is 0. The molecule has 1 heterocycles. The molecule has 0 aliphatic heterocycles. The third kappa shape index (κ3) is 2.09. The number of carboxylic acids is 1. The van der Waals surface area contributed by atoms with Crippen molar-refractivity contribution in [1.29, 1.82) is 0 Å². The molecule has 1 atom stereocenters. The maximum absolute atomic E-state index is 10.8. The molecule has 0 radical (unpaired) electrons. The summed E-state index contributed by atoms with van der Waals surface area (Å²) in [5, 5.41) is 9.78. The normalized spacial score (nSPS) is 12.8. The number of nitrogens with zero attached hydrogens (tertiary/aromatic N) is 1. The molecule has 2 rings (SSSR count). The minimum absolute atomic E-state index is 0.302. The summed E-state index contributed by atoms with van der Waals surface area (Å²) in [7, 11) is 1.91. The minimum Gasteiger partial charge on any atom is -0.480 e. The molecule has 90 valence electrons. The van der Waals surface area contributed by atoms with Crippen LogP contribution in [0.1, 0.15) is 5.56 Å². The van der Waals surface area contributed by atoms with Crippen LogP contribution in [0.4, 0.5) is 5.69 Å². The lowest BCUT2D eigenvalue weighted by atomic mass is 10.1. The first-order valence-electron chi connectivity index (χ1n) is 5.31. The third-order valence-corrected chi connectivity index (χ3v) is 2.85. The van der Waals surface area contributed by atoms with Crippen molar-refractivity contribution in [3.05, 3.63) is 30.0 Å².